The molecular weight excluding hydrogens is 361 g/mol. The maximum Gasteiger partial charge on any atom is 0.389 e. The topological polar surface area (TPSA) is 40.6 Å². The summed E-state index contributed by atoms with van der Waals surface area (Å²) in [5.74, 6) is -0.426. The van der Waals surface area contributed by atoms with E-state index in [9.17, 15) is 21.6 Å². The molecule has 0 unspecified atom stereocenters. The molecule has 0 radical (unpaired) electrons. The van der Waals surface area contributed by atoms with E-state index in [4.69, 9.17) is 0 Å². The van der Waals surface area contributed by atoms with Crippen molar-refractivity contribution in [3.8, 4) is 0 Å². The first-order chi connectivity index (χ1) is 9.24. The lowest BCUT2D eigenvalue weighted by atomic mass is 10.3. The molecule has 4 nitrogen and oxygen atoms in total. The largest absolute Gasteiger partial charge is 0.389 e. The highest BCUT2D eigenvalue weighted by Gasteiger charge is 2.29. The van der Waals surface area contributed by atoms with Crippen LogP contribution in [-0.4, -0.2) is 67.6 Å². The van der Waals surface area contributed by atoms with Crippen molar-refractivity contribution in [1.29, 1.82) is 0 Å². The van der Waals surface area contributed by atoms with E-state index in [1.54, 1.807) is 0 Å². The molecule has 1 fully saturated rings. The third kappa shape index (κ3) is 6.73. The molecule has 120 valence electrons. The third-order valence-corrected chi connectivity index (χ3v) is 5.52. The first-order valence-corrected chi connectivity index (χ1v) is 9.30. The minimum absolute atomic E-state index is 0.362. The molecule has 9 heteroatoms. The Hall–Kier alpha value is 0.140. The molecule has 0 amide bonds. The second-order valence-corrected chi connectivity index (χ2v) is 7.70. The van der Waals surface area contributed by atoms with Crippen LogP contribution in [0.1, 0.15) is 19.3 Å². The van der Waals surface area contributed by atoms with Gasteiger partial charge in [-0.25, -0.2) is 12.7 Å². The summed E-state index contributed by atoms with van der Waals surface area (Å²) in [7, 11) is -3.57. The number of alkyl halides is 4. The van der Waals surface area contributed by atoms with Crippen molar-refractivity contribution in [2.45, 2.75) is 25.4 Å². The highest BCUT2D eigenvalue weighted by atomic mass is 79.9. The van der Waals surface area contributed by atoms with Gasteiger partial charge in [0.05, 0.1) is 5.75 Å². The Bertz CT molecular complexity index is 390. The van der Waals surface area contributed by atoms with Crippen molar-refractivity contribution >= 4 is 26.0 Å². The highest BCUT2D eigenvalue weighted by molar-refractivity contribution is 9.09. The quantitative estimate of drug-likeness (QED) is 0.662. The van der Waals surface area contributed by atoms with Crippen LogP contribution in [0.2, 0.25) is 0 Å². The lowest BCUT2D eigenvalue weighted by Crippen LogP contribution is -2.37. The van der Waals surface area contributed by atoms with E-state index < -0.39 is 28.4 Å². The number of halogens is 4. The zero-order chi connectivity index (χ0) is 15.2. The molecule has 0 bridgehead atoms. The van der Waals surface area contributed by atoms with Crippen molar-refractivity contribution < 1.29 is 21.6 Å². The summed E-state index contributed by atoms with van der Waals surface area (Å²) in [5, 5.41) is 0.825. The standard InChI is InChI=1S/C11H20BrF3N2O2S/c12-4-7-16-5-2-6-17(9-8-16)20(18,19)10-1-3-11(13,14)15/h1-10H2. The van der Waals surface area contributed by atoms with E-state index in [0.29, 0.717) is 26.1 Å². The van der Waals surface area contributed by atoms with E-state index >= 15 is 0 Å². The fraction of sp³-hybridized carbons (Fsp3) is 1.00. The predicted molar refractivity (Wildman–Crippen MR) is 75.5 cm³/mol. The van der Waals surface area contributed by atoms with Gasteiger partial charge in [-0.2, -0.15) is 13.2 Å². The maximum absolute atomic E-state index is 12.1. The number of rotatable bonds is 6. The number of nitrogens with zero attached hydrogens (tertiary/aromatic N) is 2. The van der Waals surface area contributed by atoms with Crippen LogP contribution in [0.15, 0.2) is 0 Å². The van der Waals surface area contributed by atoms with Gasteiger partial charge in [-0.05, 0) is 19.4 Å². The number of hydrogen-bond acceptors (Lipinski definition) is 3. The first-order valence-electron chi connectivity index (χ1n) is 6.57. The van der Waals surface area contributed by atoms with E-state index in [1.807, 2.05) is 0 Å². The van der Waals surface area contributed by atoms with Crippen molar-refractivity contribution in [3.05, 3.63) is 0 Å². The van der Waals surface area contributed by atoms with Crippen molar-refractivity contribution in [2.24, 2.45) is 0 Å². The zero-order valence-corrected chi connectivity index (χ0v) is 13.6. The molecule has 20 heavy (non-hydrogen) atoms. The zero-order valence-electron chi connectivity index (χ0n) is 11.2. The Labute approximate surface area is 126 Å². The number of hydrogen-bond donors (Lipinski definition) is 0. The summed E-state index contributed by atoms with van der Waals surface area (Å²) in [5.41, 5.74) is 0. The highest BCUT2D eigenvalue weighted by Crippen LogP contribution is 2.22. The van der Waals surface area contributed by atoms with Crippen LogP contribution in [0.25, 0.3) is 0 Å². The second kappa shape index (κ2) is 7.95. The minimum Gasteiger partial charge on any atom is -0.301 e. The number of sulfonamides is 1. The van der Waals surface area contributed by atoms with Crippen LogP contribution >= 0.6 is 15.9 Å². The fourth-order valence-corrected chi connectivity index (χ4v) is 4.19. The van der Waals surface area contributed by atoms with Gasteiger partial charge in [-0.15, -0.1) is 0 Å². The second-order valence-electron chi connectivity index (χ2n) is 4.82. The predicted octanol–water partition coefficient (Wildman–Crippen LogP) is 2.06. The van der Waals surface area contributed by atoms with Crippen LogP contribution in [-0.2, 0) is 10.0 Å². The summed E-state index contributed by atoms with van der Waals surface area (Å²) in [6, 6.07) is 0. The Kier molecular flexibility index (Phi) is 7.23. The Morgan fingerprint density at radius 3 is 2.40 bits per heavy atom. The summed E-state index contributed by atoms with van der Waals surface area (Å²) >= 11 is 3.34. The van der Waals surface area contributed by atoms with Crippen molar-refractivity contribution in [1.82, 2.24) is 9.21 Å². The average molecular weight is 381 g/mol. The van der Waals surface area contributed by atoms with Crippen LogP contribution in [0.5, 0.6) is 0 Å². The molecular formula is C11H20BrF3N2O2S. The summed E-state index contributed by atoms with van der Waals surface area (Å²) in [6.45, 7) is 3.06. The van der Waals surface area contributed by atoms with Gasteiger partial charge in [0, 0.05) is 37.9 Å². The smallest absolute Gasteiger partial charge is 0.301 e. The molecule has 1 aliphatic heterocycles. The third-order valence-electron chi connectivity index (χ3n) is 3.20. The van der Waals surface area contributed by atoms with Gasteiger partial charge in [-0.3, -0.25) is 0 Å². The van der Waals surface area contributed by atoms with Gasteiger partial charge < -0.3 is 4.90 Å². The Morgan fingerprint density at radius 1 is 1.10 bits per heavy atom. The van der Waals surface area contributed by atoms with E-state index in [1.165, 1.54) is 4.31 Å². The van der Waals surface area contributed by atoms with Crippen molar-refractivity contribution in [2.75, 3.05) is 43.8 Å². The van der Waals surface area contributed by atoms with Crippen LogP contribution in [0, 0.1) is 0 Å². The van der Waals surface area contributed by atoms with Gasteiger partial charge >= 0.3 is 6.18 Å². The average Bonchev–Trinajstić information content (AvgIpc) is 2.53. The van der Waals surface area contributed by atoms with Gasteiger partial charge in [0.15, 0.2) is 0 Å². The molecule has 1 heterocycles. The molecule has 0 N–H and O–H groups in total. The molecule has 0 aliphatic carbocycles. The van der Waals surface area contributed by atoms with Gasteiger partial charge in [-0.1, -0.05) is 15.9 Å². The Morgan fingerprint density at radius 2 is 1.80 bits per heavy atom. The van der Waals surface area contributed by atoms with E-state index in [-0.39, 0.29) is 6.42 Å². The molecule has 0 atom stereocenters. The van der Waals surface area contributed by atoms with Crippen LogP contribution in [0.3, 0.4) is 0 Å². The molecule has 1 aliphatic rings. The maximum atomic E-state index is 12.1. The van der Waals surface area contributed by atoms with E-state index in [0.717, 1.165) is 18.4 Å². The summed E-state index contributed by atoms with van der Waals surface area (Å²) in [6.07, 6.45) is -4.99. The molecule has 0 aromatic heterocycles. The Balaban J connectivity index is 2.47. The first kappa shape index (κ1) is 18.2. The monoisotopic (exact) mass is 380 g/mol. The molecule has 0 spiro atoms. The molecule has 1 saturated heterocycles. The molecule has 1 rings (SSSR count). The van der Waals surface area contributed by atoms with Crippen LogP contribution in [0.4, 0.5) is 13.2 Å². The molecule has 0 aromatic rings. The SMILES string of the molecule is O=S(=O)(CCCC(F)(F)F)N1CCCN(CCBr)CC1. The van der Waals surface area contributed by atoms with Crippen molar-refractivity contribution in [3.63, 3.8) is 0 Å². The normalized spacial score (nSPS) is 20.0. The van der Waals surface area contributed by atoms with E-state index in [2.05, 4.69) is 20.8 Å². The van der Waals surface area contributed by atoms with Gasteiger partial charge in [0.1, 0.15) is 0 Å². The lowest BCUT2D eigenvalue weighted by Gasteiger charge is -2.21. The summed E-state index contributed by atoms with van der Waals surface area (Å²) in [4.78, 5) is 2.15. The summed E-state index contributed by atoms with van der Waals surface area (Å²) < 4.78 is 61.5. The minimum atomic E-state index is -4.29. The molecule has 0 aromatic carbocycles. The van der Waals surface area contributed by atoms with Gasteiger partial charge in [0.25, 0.3) is 0 Å². The van der Waals surface area contributed by atoms with Gasteiger partial charge in [0.2, 0.25) is 10.0 Å². The lowest BCUT2D eigenvalue weighted by molar-refractivity contribution is -0.134. The molecule has 0 saturated carbocycles. The van der Waals surface area contributed by atoms with Crippen LogP contribution < -0.4 is 0 Å². The fourth-order valence-electron chi connectivity index (χ4n) is 2.15.